The summed E-state index contributed by atoms with van der Waals surface area (Å²) in [7, 11) is 0. The van der Waals surface area contributed by atoms with Crippen LogP contribution in [0.4, 0.5) is 4.79 Å². The van der Waals surface area contributed by atoms with Gasteiger partial charge in [0.2, 0.25) is 0 Å². The smallest absolute Gasteiger partial charge is 0.436 e. The zero-order valence-corrected chi connectivity index (χ0v) is 8.66. The molecule has 0 aliphatic rings. The van der Waals surface area contributed by atoms with E-state index in [-0.39, 0.29) is 5.92 Å². The van der Waals surface area contributed by atoms with Gasteiger partial charge in [0.1, 0.15) is 0 Å². The SMILES string of the molecule is CCOC(=O)/N=C(\OCC)C(C)C. The second-order valence-corrected chi connectivity index (χ2v) is 2.74. The van der Waals surface area contributed by atoms with E-state index in [1.54, 1.807) is 6.92 Å². The van der Waals surface area contributed by atoms with E-state index in [0.29, 0.717) is 19.1 Å². The highest BCUT2D eigenvalue weighted by Gasteiger charge is 2.09. The van der Waals surface area contributed by atoms with Crippen LogP contribution < -0.4 is 0 Å². The number of aliphatic imine (C=N–C) groups is 1. The number of amides is 1. The Morgan fingerprint density at radius 3 is 2.15 bits per heavy atom. The molecule has 0 N–H and O–H groups in total. The topological polar surface area (TPSA) is 47.9 Å². The number of hydrogen-bond donors (Lipinski definition) is 0. The van der Waals surface area contributed by atoms with Gasteiger partial charge in [-0.05, 0) is 13.8 Å². The maximum Gasteiger partial charge on any atom is 0.436 e. The molecule has 0 aromatic carbocycles. The predicted molar refractivity (Wildman–Crippen MR) is 50.9 cm³/mol. The van der Waals surface area contributed by atoms with Gasteiger partial charge in [-0.3, -0.25) is 0 Å². The van der Waals surface area contributed by atoms with Crippen LogP contribution in [0.25, 0.3) is 0 Å². The fraction of sp³-hybridized carbons (Fsp3) is 0.778. The Hall–Kier alpha value is -1.06. The summed E-state index contributed by atoms with van der Waals surface area (Å²) in [6.45, 7) is 8.25. The van der Waals surface area contributed by atoms with Gasteiger partial charge in [-0.25, -0.2) is 4.79 Å². The number of ether oxygens (including phenoxy) is 2. The summed E-state index contributed by atoms with van der Waals surface area (Å²) in [4.78, 5) is 14.6. The fourth-order valence-electron chi connectivity index (χ4n) is 0.722. The van der Waals surface area contributed by atoms with Crippen molar-refractivity contribution < 1.29 is 14.3 Å². The van der Waals surface area contributed by atoms with Crippen molar-refractivity contribution in [2.24, 2.45) is 10.9 Å². The van der Waals surface area contributed by atoms with E-state index in [0.717, 1.165) is 0 Å². The summed E-state index contributed by atoms with van der Waals surface area (Å²) >= 11 is 0. The maximum absolute atomic E-state index is 10.9. The molecule has 4 nitrogen and oxygen atoms in total. The molecule has 0 aromatic rings. The van der Waals surface area contributed by atoms with Gasteiger partial charge in [0.15, 0.2) is 5.90 Å². The molecule has 0 saturated carbocycles. The first-order valence-electron chi connectivity index (χ1n) is 4.49. The van der Waals surface area contributed by atoms with Crippen LogP contribution in [-0.2, 0) is 9.47 Å². The normalized spacial score (nSPS) is 11.6. The molecule has 1 amide bonds. The summed E-state index contributed by atoms with van der Waals surface area (Å²) in [5.74, 6) is 0.533. The molecule has 0 saturated heterocycles. The molecule has 0 spiro atoms. The van der Waals surface area contributed by atoms with Crippen molar-refractivity contribution in [1.29, 1.82) is 0 Å². The van der Waals surface area contributed by atoms with E-state index in [1.807, 2.05) is 20.8 Å². The Bertz CT molecular complexity index is 187. The molecule has 0 atom stereocenters. The van der Waals surface area contributed by atoms with Gasteiger partial charge in [0.25, 0.3) is 0 Å². The van der Waals surface area contributed by atoms with Gasteiger partial charge in [-0.1, -0.05) is 13.8 Å². The van der Waals surface area contributed by atoms with E-state index >= 15 is 0 Å². The first kappa shape index (κ1) is 11.9. The highest BCUT2D eigenvalue weighted by atomic mass is 16.6. The van der Waals surface area contributed by atoms with Crippen LogP contribution in [0.1, 0.15) is 27.7 Å². The molecule has 76 valence electrons. The Kier molecular flexibility index (Phi) is 5.93. The zero-order chi connectivity index (χ0) is 10.3. The van der Waals surface area contributed by atoms with Gasteiger partial charge in [0, 0.05) is 5.92 Å². The molecule has 0 unspecified atom stereocenters. The lowest BCUT2D eigenvalue weighted by Crippen LogP contribution is -2.15. The van der Waals surface area contributed by atoms with Gasteiger partial charge in [0.05, 0.1) is 13.2 Å². The third-order valence-electron chi connectivity index (χ3n) is 1.26. The third kappa shape index (κ3) is 5.22. The van der Waals surface area contributed by atoms with Crippen molar-refractivity contribution in [1.82, 2.24) is 0 Å². The van der Waals surface area contributed by atoms with Gasteiger partial charge >= 0.3 is 6.09 Å². The molecular weight excluding hydrogens is 170 g/mol. The van der Waals surface area contributed by atoms with Crippen molar-refractivity contribution in [2.75, 3.05) is 13.2 Å². The molecule has 0 rings (SSSR count). The van der Waals surface area contributed by atoms with Crippen molar-refractivity contribution >= 4 is 12.0 Å². The summed E-state index contributed by atoms with van der Waals surface area (Å²) in [6.07, 6.45) is -0.584. The van der Waals surface area contributed by atoms with Gasteiger partial charge < -0.3 is 9.47 Å². The second-order valence-electron chi connectivity index (χ2n) is 2.74. The molecule has 0 fully saturated rings. The van der Waals surface area contributed by atoms with E-state index in [2.05, 4.69) is 9.73 Å². The highest BCUT2D eigenvalue weighted by molar-refractivity contribution is 5.89. The van der Waals surface area contributed by atoms with Crippen molar-refractivity contribution in [2.45, 2.75) is 27.7 Å². The summed E-state index contributed by atoms with van der Waals surface area (Å²) in [6, 6.07) is 0. The van der Waals surface area contributed by atoms with Gasteiger partial charge in [-0.2, -0.15) is 0 Å². The minimum absolute atomic E-state index is 0.101. The van der Waals surface area contributed by atoms with Crippen LogP contribution in [0.5, 0.6) is 0 Å². The number of carbonyl (C=O) groups excluding carboxylic acids is 1. The molecule has 0 aliphatic carbocycles. The maximum atomic E-state index is 10.9. The average molecular weight is 187 g/mol. The Labute approximate surface area is 78.9 Å². The Morgan fingerprint density at radius 1 is 1.23 bits per heavy atom. The number of rotatable bonds is 3. The Morgan fingerprint density at radius 2 is 1.77 bits per heavy atom. The van der Waals surface area contributed by atoms with E-state index in [9.17, 15) is 4.79 Å². The van der Waals surface area contributed by atoms with Crippen LogP contribution in [0.2, 0.25) is 0 Å². The molecule has 0 bridgehead atoms. The largest absolute Gasteiger partial charge is 0.481 e. The van der Waals surface area contributed by atoms with Crippen LogP contribution >= 0.6 is 0 Å². The van der Waals surface area contributed by atoms with Crippen LogP contribution in [0.15, 0.2) is 4.99 Å². The van der Waals surface area contributed by atoms with E-state index in [1.165, 1.54) is 0 Å². The number of hydrogen-bond acceptors (Lipinski definition) is 3. The number of carbonyl (C=O) groups is 1. The summed E-state index contributed by atoms with van der Waals surface area (Å²) in [5.41, 5.74) is 0. The first-order valence-corrected chi connectivity index (χ1v) is 4.49. The minimum atomic E-state index is -0.584. The molecule has 0 heterocycles. The third-order valence-corrected chi connectivity index (χ3v) is 1.26. The van der Waals surface area contributed by atoms with Crippen LogP contribution in [0.3, 0.4) is 0 Å². The Balaban J connectivity index is 4.25. The monoisotopic (exact) mass is 187 g/mol. The lowest BCUT2D eigenvalue weighted by Gasteiger charge is -2.09. The van der Waals surface area contributed by atoms with Crippen molar-refractivity contribution in [3.05, 3.63) is 0 Å². The standard InChI is InChI=1S/C9H17NO3/c1-5-12-8(7(3)4)10-9(11)13-6-2/h7H,5-6H2,1-4H3/b10-8-. The quantitative estimate of drug-likeness (QED) is 0.503. The average Bonchev–Trinajstić information content (AvgIpc) is 2.04. The summed E-state index contributed by atoms with van der Waals surface area (Å²) in [5, 5.41) is 0. The van der Waals surface area contributed by atoms with E-state index in [4.69, 9.17) is 4.74 Å². The molecule has 0 radical (unpaired) electrons. The lowest BCUT2D eigenvalue weighted by atomic mass is 10.2. The van der Waals surface area contributed by atoms with E-state index < -0.39 is 6.09 Å². The first-order chi connectivity index (χ1) is 6.11. The zero-order valence-electron chi connectivity index (χ0n) is 8.66. The second kappa shape index (κ2) is 6.46. The summed E-state index contributed by atoms with van der Waals surface area (Å²) < 4.78 is 9.83. The lowest BCUT2D eigenvalue weighted by molar-refractivity contribution is 0.162. The molecule has 4 heteroatoms. The molecule has 13 heavy (non-hydrogen) atoms. The predicted octanol–water partition coefficient (Wildman–Crippen LogP) is 2.23. The molecular formula is C9H17NO3. The fourth-order valence-corrected chi connectivity index (χ4v) is 0.722. The van der Waals surface area contributed by atoms with Gasteiger partial charge in [-0.15, -0.1) is 4.99 Å². The molecule has 0 aromatic heterocycles. The number of nitrogens with zero attached hydrogens (tertiary/aromatic N) is 1. The van der Waals surface area contributed by atoms with Crippen molar-refractivity contribution in [3.8, 4) is 0 Å². The minimum Gasteiger partial charge on any atom is -0.481 e. The van der Waals surface area contributed by atoms with Crippen LogP contribution in [0, 0.1) is 5.92 Å². The molecule has 0 aliphatic heterocycles. The van der Waals surface area contributed by atoms with Crippen LogP contribution in [-0.4, -0.2) is 25.2 Å². The highest BCUT2D eigenvalue weighted by Crippen LogP contribution is 2.00. The van der Waals surface area contributed by atoms with Crippen molar-refractivity contribution in [3.63, 3.8) is 0 Å².